The van der Waals surface area contributed by atoms with E-state index in [1.54, 1.807) is 54.6 Å². The average Bonchev–Trinajstić information content (AvgIpc) is 3.39. The maximum Gasteiger partial charge on any atom is 0.312 e. The fraction of sp³-hybridized carbons (Fsp3) is 0.0333. The van der Waals surface area contributed by atoms with Crippen LogP contribution in [0.25, 0.3) is 33.5 Å². The van der Waals surface area contributed by atoms with Gasteiger partial charge in [-0.15, -0.1) is 0 Å². The second-order valence-electron chi connectivity index (χ2n) is 9.23. The summed E-state index contributed by atoms with van der Waals surface area (Å²) in [5.74, 6) is 0.403. The van der Waals surface area contributed by atoms with Crippen LogP contribution in [0.5, 0.6) is 5.75 Å². The van der Waals surface area contributed by atoms with E-state index in [9.17, 15) is 14.9 Å². The number of halogens is 4. The van der Waals surface area contributed by atoms with Crippen molar-refractivity contribution in [1.29, 1.82) is 0 Å². The van der Waals surface area contributed by atoms with Gasteiger partial charge in [-0.1, -0.05) is 77.6 Å². The van der Waals surface area contributed by atoms with Crippen LogP contribution in [0.3, 0.4) is 0 Å². The van der Waals surface area contributed by atoms with Crippen LogP contribution in [-0.2, 0) is 6.61 Å². The van der Waals surface area contributed by atoms with Crippen molar-refractivity contribution < 1.29 is 14.1 Å². The Morgan fingerprint density at radius 2 is 1.84 bits per heavy atom. The van der Waals surface area contributed by atoms with Gasteiger partial charge in [0.2, 0.25) is 11.6 Å². The molecule has 214 valence electrons. The molecule has 0 radical (unpaired) electrons. The average molecular weight is 788 g/mol. The van der Waals surface area contributed by atoms with Gasteiger partial charge in [-0.3, -0.25) is 14.9 Å². The molecule has 0 amide bonds. The lowest BCUT2D eigenvalue weighted by Crippen LogP contribution is -2.20. The molecule has 0 bridgehead atoms. The van der Waals surface area contributed by atoms with E-state index in [4.69, 9.17) is 20.8 Å². The minimum absolute atomic E-state index is 0.0199. The molecular weight excluding hydrogens is 772 g/mol. The molecule has 0 aliphatic carbocycles. The highest BCUT2D eigenvalue weighted by Crippen LogP contribution is 2.35. The van der Waals surface area contributed by atoms with Gasteiger partial charge in [0.15, 0.2) is 5.76 Å². The van der Waals surface area contributed by atoms with E-state index in [1.165, 1.54) is 12.3 Å². The minimum atomic E-state index is -0.539. The topological polar surface area (TPSA) is 113 Å². The summed E-state index contributed by atoms with van der Waals surface area (Å²) in [4.78, 5) is 29.9. The van der Waals surface area contributed by atoms with Crippen LogP contribution in [0.4, 0.5) is 5.69 Å². The summed E-state index contributed by atoms with van der Waals surface area (Å²) in [6.07, 6.45) is 1.32. The third kappa shape index (κ3) is 6.00. The first kappa shape index (κ1) is 29.2. The summed E-state index contributed by atoms with van der Waals surface area (Å²) in [6, 6.07) is 22.2. The van der Waals surface area contributed by atoms with Gasteiger partial charge in [-0.25, -0.2) is 4.98 Å². The molecule has 0 unspecified atom stereocenters. The molecule has 0 fully saturated rings. The molecule has 0 N–H and O–H groups in total. The SMILES string of the molecule is O=c1c2ccccc2nc(-c2cc3cc(Cl)ccc3o2)n1N=Cc1cc(Br)cc([N+](=O)[O-])c1OCc1ccc(Br)cc1Br. The fourth-order valence-electron chi connectivity index (χ4n) is 4.41. The first-order valence-corrected chi connectivity index (χ1v) is 15.2. The van der Waals surface area contributed by atoms with Gasteiger partial charge in [0, 0.05) is 41.0 Å². The highest BCUT2D eigenvalue weighted by atomic mass is 79.9. The number of aromatic nitrogens is 2. The Morgan fingerprint density at radius 1 is 1.02 bits per heavy atom. The van der Waals surface area contributed by atoms with Crippen molar-refractivity contribution in [2.75, 3.05) is 0 Å². The van der Waals surface area contributed by atoms with Crippen molar-refractivity contribution in [3.8, 4) is 17.3 Å². The van der Waals surface area contributed by atoms with E-state index in [0.717, 1.165) is 24.6 Å². The molecule has 2 heterocycles. The van der Waals surface area contributed by atoms with E-state index >= 15 is 0 Å². The van der Waals surface area contributed by atoms with Gasteiger partial charge >= 0.3 is 5.69 Å². The van der Waals surface area contributed by atoms with Crippen LogP contribution in [0, 0.1) is 10.1 Å². The summed E-state index contributed by atoms with van der Waals surface area (Å²) >= 11 is 16.4. The highest BCUT2D eigenvalue weighted by molar-refractivity contribution is 9.11. The highest BCUT2D eigenvalue weighted by Gasteiger charge is 2.22. The number of benzene rings is 4. The lowest BCUT2D eigenvalue weighted by atomic mass is 10.2. The van der Waals surface area contributed by atoms with Crippen molar-refractivity contribution in [3.63, 3.8) is 0 Å². The molecule has 0 aliphatic rings. The Bertz CT molecular complexity index is 2160. The Balaban J connectivity index is 1.49. The van der Waals surface area contributed by atoms with Gasteiger partial charge in [0.05, 0.1) is 22.0 Å². The van der Waals surface area contributed by atoms with Gasteiger partial charge < -0.3 is 9.15 Å². The van der Waals surface area contributed by atoms with Crippen LogP contribution in [-0.4, -0.2) is 20.8 Å². The summed E-state index contributed by atoms with van der Waals surface area (Å²) in [5, 5.41) is 18.1. The molecule has 0 saturated heterocycles. The number of fused-ring (bicyclic) bond motifs is 2. The second kappa shape index (κ2) is 12.0. The molecule has 2 aromatic heterocycles. The standard InChI is InChI=1S/C30H16Br3ClN4O5/c31-19-6-5-16(23(33)12-19)15-42-28-18(9-20(32)13-25(28)38(40)41)14-35-37-29(36-24-4-2-1-3-22(24)30(37)39)27-11-17-10-21(34)7-8-26(17)43-27/h1-14H,15H2. The van der Waals surface area contributed by atoms with E-state index in [2.05, 4.69) is 57.9 Å². The molecule has 6 rings (SSSR count). The molecule has 6 aromatic rings. The van der Waals surface area contributed by atoms with Crippen molar-refractivity contribution >= 4 is 93.2 Å². The molecule has 0 aliphatic heterocycles. The zero-order chi connectivity index (χ0) is 30.2. The van der Waals surface area contributed by atoms with Crippen molar-refractivity contribution in [2.45, 2.75) is 6.61 Å². The quantitative estimate of drug-likeness (QED) is 0.0907. The van der Waals surface area contributed by atoms with Crippen LogP contribution in [0.1, 0.15) is 11.1 Å². The molecule has 43 heavy (non-hydrogen) atoms. The van der Waals surface area contributed by atoms with Gasteiger partial charge in [-0.2, -0.15) is 9.78 Å². The molecule has 0 saturated carbocycles. The zero-order valence-corrected chi connectivity index (χ0v) is 27.1. The number of nitrogens with zero attached hydrogens (tertiary/aromatic N) is 4. The number of hydrogen-bond acceptors (Lipinski definition) is 7. The Kier molecular flexibility index (Phi) is 8.19. The molecule has 0 atom stereocenters. The number of ether oxygens (including phenoxy) is 1. The van der Waals surface area contributed by atoms with E-state index < -0.39 is 10.5 Å². The van der Waals surface area contributed by atoms with Crippen molar-refractivity contribution in [1.82, 2.24) is 9.66 Å². The molecule has 9 nitrogen and oxygen atoms in total. The van der Waals surface area contributed by atoms with E-state index in [0.29, 0.717) is 26.0 Å². The third-order valence-electron chi connectivity index (χ3n) is 6.41. The Labute approximate surface area is 273 Å². The zero-order valence-electron chi connectivity index (χ0n) is 21.6. The maximum absolute atomic E-state index is 13.7. The maximum atomic E-state index is 13.7. The summed E-state index contributed by atoms with van der Waals surface area (Å²) < 4.78 is 15.2. The van der Waals surface area contributed by atoms with E-state index in [-0.39, 0.29) is 35.2 Å². The van der Waals surface area contributed by atoms with Gasteiger partial charge in [-0.05, 0) is 54.6 Å². The monoisotopic (exact) mass is 784 g/mol. The summed E-state index contributed by atoms with van der Waals surface area (Å²) in [7, 11) is 0. The predicted molar refractivity (Wildman–Crippen MR) is 176 cm³/mol. The number of nitro groups is 1. The van der Waals surface area contributed by atoms with Gasteiger partial charge in [0.25, 0.3) is 5.56 Å². The predicted octanol–water partition coefficient (Wildman–Crippen LogP) is 9.12. The number of hydrogen-bond donors (Lipinski definition) is 0. The molecule has 4 aromatic carbocycles. The lowest BCUT2D eigenvalue weighted by molar-refractivity contribution is -0.386. The first-order valence-electron chi connectivity index (χ1n) is 12.5. The van der Waals surface area contributed by atoms with Gasteiger partial charge in [0.1, 0.15) is 12.2 Å². The Hall–Kier alpha value is -3.84. The number of nitro benzene ring substituents is 1. The second-order valence-corrected chi connectivity index (χ2v) is 12.4. The van der Waals surface area contributed by atoms with Crippen LogP contribution < -0.4 is 10.3 Å². The first-order chi connectivity index (χ1) is 20.7. The largest absolute Gasteiger partial charge is 0.481 e. The van der Waals surface area contributed by atoms with Crippen LogP contribution in [0.15, 0.2) is 107 Å². The number of furan rings is 1. The summed E-state index contributed by atoms with van der Waals surface area (Å²) in [5.41, 5.74) is 1.30. The Morgan fingerprint density at radius 3 is 2.63 bits per heavy atom. The lowest BCUT2D eigenvalue weighted by Gasteiger charge is -2.12. The van der Waals surface area contributed by atoms with Crippen LogP contribution >= 0.6 is 59.4 Å². The molecular formula is C30H16Br3ClN4O5. The van der Waals surface area contributed by atoms with Crippen molar-refractivity contribution in [2.24, 2.45) is 5.10 Å². The van der Waals surface area contributed by atoms with E-state index in [1.807, 2.05) is 18.2 Å². The minimum Gasteiger partial charge on any atom is -0.481 e. The molecule has 0 spiro atoms. The fourth-order valence-corrected chi connectivity index (χ4v) is 6.22. The third-order valence-corrected chi connectivity index (χ3v) is 8.34. The van der Waals surface area contributed by atoms with Crippen LogP contribution in [0.2, 0.25) is 5.02 Å². The molecule has 13 heteroatoms. The number of para-hydroxylation sites is 1. The number of rotatable bonds is 7. The van der Waals surface area contributed by atoms with Crippen molar-refractivity contribution in [3.05, 3.63) is 129 Å². The smallest absolute Gasteiger partial charge is 0.312 e. The summed E-state index contributed by atoms with van der Waals surface area (Å²) in [6.45, 7) is 0.0292. The normalized spacial score (nSPS) is 11.5.